The number of hydrogen-bond donors (Lipinski definition) is 2. The fourth-order valence-electron chi connectivity index (χ4n) is 3.07. The van der Waals surface area contributed by atoms with E-state index in [1.165, 1.54) is 11.1 Å². The first-order valence-corrected chi connectivity index (χ1v) is 9.78. The molecular weight excluding hydrogens is 376 g/mol. The lowest BCUT2D eigenvalue weighted by Gasteiger charge is -2.26. The summed E-state index contributed by atoms with van der Waals surface area (Å²) in [5.41, 5.74) is 8.43. The Labute approximate surface area is 176 Å². The zero-order chi connectivity index (χ0) is 21.7. The van der Waals surface area contributed by atoms with Crippen LogP contribution in [0.3, 0.4) is 0 Å². The smallest absolute Gasteiger partial charge is 0.251 e. The Morgan fingerprint density at radius 2 is 1.47 bits per heavy atom. The molecule has 0 atom stereocenters. The number of primary amides is 1. The van der Waals surface area contributed by atoms with Gasteiger partial charge in [0.05, 0.1) is 0 Å². The van der Waals surface area contributed by atoms with Crippen molar-refractivity contribution in [2.24, 2.45) is 5.73 Å². The Kier molecular flexibility index (Phi) is 6.21. The van der Waals surface area contributed by atoms with Gasteiger partial charge >= 0.3 is 0 Å². The van der Waals surface area contributed by atoms with Crippen LogP contribution in [0.25, 0.3) is 0 Å². The average Bonchev–Trinajstić information content (AvgIpc) is 2.73. The summed E-state index contributed by atoms with van der Waals surface area (Å²) in [6, 6.07) is 21.8. The minimum absolute atomic E-state index is 0.131. The minimum Gasteiger partial charge on any atom is -0.457 e. The van der Waals surface area contributed by atoms with Crippen molar-refractivity contribution in [3.05, 3.63) is 95.1 Å². The molecule has 2 amide bonds. The second kappa shape index (κ2) is 8.82. The Morgan fingerprint density at radius 3 is 2.00 bits per heavy atom. The molecule has 0 aliphatic carbocycles. The van der Waals surface area contributed by atoms with E-state index in [9.17, 15) is 9.59 Å². The fourth-order valence-corrected chi connectivity index (χ4v) is 3.07. The van der Waals surface area contributed by atoms with Gasteiger partial charge in [-0.2, -0.15) is 0 Å². The molecule has 0 spiro atoms. The van der Waals surface area contributed by atoms with E-state index in [1.54, 1.807) is 48.5 Å². The molecule has 5 heteroatoms. The Hall–Kier alpha value is -3.60. The molecule has 0 aliphatic heterocycles. The Balaban J connectivity index is 1.60. The molecule has 3 aromatic carbocycles. The number of aryl methyl sites for hydroxylation is 1. The molecule has 0 unspecified atom stereocenters. The minimum atomic E-state index is -0.484. The third kappa shape index (κ3) is 5.26. The second-order valence-electron chi connectivity index (χ2n) is 7.95. The number of nitrogens with two attached hydrogens (primary N) is 1. The molecule has 3 rings (SSSR count). The third-order valence-electron chi connectivity index (χ3n) is 4.98. The first-order chi connectivity index (χ1) is 14.2. The van der Waals surface area contributed by atoms with Gasteiger partial charge in [-0.25, -0.2) is 0 Å². The van der Waals surface area contributed by atoms with Crippen LogP contribution in [0.4, 0.5) is 0 Å². The number of benzene rings is 3. The molecule has 0 fully saturated rings. The van der Waals surface area contributed by atoms with E-state index < -0.39 is 5.91 Å². The van der Waals surface area contributed by atoms with Gasteiger partial charge in [-0.05, 0) is 61.0 Å². The van der Waals surface area contributed by atoms with Gasteiger partial charge in [0, 0.05) is 23.1 Å². The summed E-state index contributed by atoms with van der Waals surface area (Å²) >= 11 is 0. The van der Waals surface area contributed by atoms with Crippen molar-refractivity contribution in [2.75, 3.05) is 6.54 Å². The maximum Gasteiger partial charge on any atom is 0.251 e. The van der Waals surface area contributed by atoms with Crippen molar-refractivity contribution in [1.82, 2.24) is 5.32 Å². The van der Waals surface area contributed by atoms with Gasteiger partial charge in [-0.1, -0.05) is 43.7 Å². The largest absolute Gasteiger partial charge is 0.457 e. The zero-order valence-corrected chi connectivity index (χ0v) is 17.4. The van der Waals surface area contributed by atoms with Crippen LogP contribution in [0.5, 0.6) is 11.5 Å². The molecule has 0 saturated carbocycles. The summed E-state index contributed by atoms with van der Waals surface area (Å²) in [5.74, 6) is 0.561. The molecule has 0 bridgehead atoms. The van der Waals surface area contributed by atoms with Gasteiger partial charge in [-0.3, -0.25) is 9.59 Å². The van der Waals surface area contributed by atoms with Crippen molar-refractivity contribution in [3.8, 4) is 11.5 Å². The molecule has 3 aromatic rings. The van der Waals surface area contributed by atoms with Crippen molar-refractivity contribution < 1.29 is 14.3 Å². The maximum atomic E-state index is 12.6. The highest BCUT2D eigenvalue weighted by molar-refractivity contribution is 5.94. The number of hydrogen-bond acceptors (Lipinski definition) is 3. The number of carbonyl (C=O) groups excluding carboxylic acids is 2. The molecular formula is C25H26N2O3. The quantitative estimate of drug-likeness (QED) is 0.606. The highest BCUT2D eigenvalue weighted by Crippen LogP contribution is 2.24. The van der Waals surface area contributed by atoms with E-state index in [0.717, 1.165) is 0 Å². The first-order valence-electron chi connectivity index (χ1n) is 9.78. The Bertz CT molecular complexity index is 1040. The molecule has 154 valence electrons. The lowest BCUT2D eigenvalue weighted by atomic mass is 9.84. The molecule has 5 nitrogen and oxygen atoms in total. The van der Waals surface area contributed by atoms with Crippen LogP contribution in [-0.4, -0.2) is 18.4 Å². The van der Waals surface area contributed by atoms with Gasteiger partial charge < -0.3 is 15.8 Å². The molecule has 0 heterocycles. The topological polar surface area (TPSA) is 81.4 Å². The highest BCUT2D eigenvalue weighted by Gasteiger charge is 2.21. The van der Waals surface area contributed by atoms with Crippen LogP contribution < -0.4 is 15.8 Å². The van der Waals surface area contributed by atoms with Gasteiger partial charge in [0.25, 0.3) is 5.91 Å². The second-order valence-corrected chi connectivity index (χ2v) is 7.95. The van der Waals surface area contributed by atoms with Crippen LogP contribution in [-0.2, 0) is 5.41 Å². The number of rotatable bonds is 7. The number of carbonyl (C=O) groups is 2. The van der Waals surface area contributed by atoms with Crippen LogP contribution in [0.2, 0.25) is 0 Å². The molecule has 0 radical (unpaired) electrons. The van der Waals surface area contributed by atoms with E-state index in [2.05, 4.69) is 44.3 Å². The van der Waals surface area contributed by atoms with Crippen molar-refractivity contribution in [2.45, 2.75) is 26.2 Å². The predicted octanol–water partition coefficient (Wildman–Crippen LogP) is 4.59. The predicted molar refractivity (Wildman–Crippen MR) is 118 cm³/mol. The SMILES string of the molecule is Cc1cccc(C(C)(C)CNC(=O)c2ccc(Oc3ccc(C(N)=O)cc3)cc2)c1. The van der Waals surface area contributed by atoms with E-state index in [4.69, 9.17) is 10.5 Å². The fraction of sp³-hybridized carbons (Fsp3) is 0.200. The van der Waals surface area contributed by atoms with Gasteiger partial charge in [-0.15, -0.1) is 0 Å². The van der Waals surface area contributed by atoms with Gasteiger partial charge in [0.2, 0.25) is 5.91 Å². The van der Waals surface area contributed by atoms with Crippen LogP contribution in [0.15, 0.2) is 72.8 Å². The summed E-state index contributed by atoms with van der Waals surface area (Å²) in [7, 11) is 0. The molecule has 0 aromatic heterocycles. The normalized spacial score (nSPS) is 11.0. The zero-order valence-electron chi connectivity index (χ0n) is 17.4. The lowest BCUT2D eigenvalue weighted by Crippen LogP contribution is -2.36. The third-order valence-corrected chi connectivity index (χ3v) is 4.98. The summed E-state index contributed by atoms with van der Waals surface area (Å²) < 4.78 is 5.75. The van der Waals surface area contributed by atoms with Gasteiger partial charge in [0.1, 0.15) is 11.5 Å². The van der Waals surface area contributed by atoms with E-state index in [0.29, 0.717) is 29.2 Å². The summed E-state index contributed by atoms with van der Waals surface area (Å²) in [5, 5.41) is 3.02. The Morgan fingerprint density at radius 1 is 0.900 bits per heavy atom. The average molecular weight is 402 g/mol. The van der Waals surface area contributed by atoms with Crippen LogP contribution in [0, 0.1) is 6.92 Å². The lowest BCUT2D eigenvalue weighted by molar-refractivity contribution is 0.0944. The summed E-state index contributed by atoms with van der Waals surface area (Å²) in [6.07, 6.45) is 0. The highest BCUT2D eigenvalue weighted by atomic mass is 16.5. The molecule has 3 N–H and O–H groups in total. The van der Waals surface area contributed by atoms with E-state index in [-0.39, 0.29) is 11.3 Å². The van der Waals surface area contributed by atoms with Crippen LogP contribution in [0.1, 0.15) is 45.7 Å². The number of ether oxygens (including phenoxy) is 1. The number of nitrogens with one attached hydrogen (secondary N) is 1. The standard InChI is InChI=1S/C25H26N2O3/c1-17-5-4-6-20(15-17)25(2,3)16-27-24(29)19-9-13-22(14-10-19)30-21-11-7-18(8-12-21)23(26)28/h4-15H,16H2,1-3H3,(H2,26,28)(H,27,29). The van der Waals surface area contributed by atoms with Crippen molar-refractivity contribution >= 4 is 11.8 Å². The monoisotopic (exact) mass is 402 g/mol. The summed E-state index contributed by atoms with van der Waals surface area (Å²) in [6.45, 7) is 6.82. The number of amides is 2. The first kappa shape index (κ1) is 21.1. The van der Waals surface area contributed by atoms with Crippen LogP contribution >= 0.6 is 0 Å². The van der Waals surface area contributed by atoms with Crippen molar-refractivity contribution in [1.29, 1.82) is 0 Å². The molecule has 30 heavy (non-hydrogen) atoms. The van der Waals surface area contributed by atoms with Crippen molar-refractivity contribution in [3.63, 3.8) is 0 Å². The summed E-state index contributed by atoms with van der Waals surface area (Å²) in [4.78, 5) is 23.7. The molecule has 0 aliphatic rings. The van der Waals surface area contributed by atoms with E-state index >= 15 is 0 Å². The molecule has 0 saturated heterocycles. The van der Waals surface area contributed by atoms with E-state index in [1.807, 2.05) is 6.07 Å². The van der Waals surface area contributed by atoms with Gasteiger partial charge in [0.15, 0.2) is 0 Å². The maximum absolute atomic E-state index is 12.6.